The smallest absolute Gasteiger partial charge is 0.207 e. The topological polar surface area (TPSA) is 46.2 Å². The van der Waals surface area contributed by atoms with Crippen molar-refractivity contribution in [3.8, 4) is 0 Å². The first-order valence-corrected chi connectivity index (χ1v) is 10.0. The van der Waals surface area contributed by atoms with Gasteiger partial charge >= 0.3 is 0 Å². The molecule has 2 aromatic carbocycles. The highest BCUT2D eigenvalue weighted by atomic mass is 32.2. The van der Waals surface area contributed by atoms with Crippen LogP contribution >= 0.6 is 11.3 Å². The summed E-state index contributed by atoms with van der Waals surface area (Å²) in [7, 11) is -3.63. The molecule has 24 heavy (non-hydrogen) atoms. The van der Waals surface area contributed by atoms with Crippen LogP contribution in [0.1, 0.15) is 27.6 Å². The number of nitrogens with one attached hydrogen (secondary N) is 1. The predicted molar refractivity (Wildman–Crippen MR) is 98.8 cm³/mol. The van der Waals surface area contributed by atoms with Crippen LogP contribution in [0.2, 0.25) is 0 Å². The Morgan fingerprint density at radius 2 is 1.71 bits per heavy atom. The van der Waals surface area contributed by atoms with Gasteiger partial charge in [0.25, 0.3) is 0 Å². The zero-order chi connectivity index (χ0) is 17.2. The molecule has 0 fully saturated rings. The van der Waals surface area contributed by atoms with Crippen LogP contribution in [0, 0.1) is 13.8 Å². The maximum atomic E-state index is 13.0. The lowest BCUT2D eigenvalue weighted by atomic mass is 10.1. The molecule has 0 aliphatic rings. The van der Waals surface area contributed by atoms with Gasteiger partial charge in [-0.1, -0.05) is 48.5 Å². The summed E-state index contributed by atoms with van der Waals surface area (Å²) in [5.74, 6) is 0. The highest BCUT2D eigenvalue weighted by Crippen LogP contribution is 2.28. The second kappa shape index (κ2) is 6.89. The van der Waals surface area contributed by atoms with E-state index in [4.69, 9.17) is 0 Å². The van der Waals surface area contributed by atoms with Crippen LogP contribution in [0.25, 0.3) is 0 Å². The minimum atomic E-state index is -3.63. The first-order valence-electron chi connectivity index (χ1n) is 7.65. The van der Waals surface area contributed by atoms with Crippen molar-refractivity contribution in [2.24, 2.45) is 0 Å². The van der Waals surface area contributed by atoms with E-state index >= 15 is 0 Å². The predicted octanol–water partition coefficient (Wildman–Crippen LogP) is 4.43. The van der Waals surface area contributed by atoms with Gasteiger partial charge in [-0.2, -0.15) is 4.72 Å². The second-order valence-corrected chi connectivity index (χ2v) is 8.41. The Morgan fingerprint density at radius 3 is 2.38 bits per heavy atom. The van der Waals surface area contributed by atoms with Gasteiger partial charge in [-0.3, -0.25) is 0 Å². The van der Waals surface area contributed by atoms with Crippen LogP contribution in [0.15, 0.2) is 70.9 Å². The molecule has 0 saturated heterocycles. The minimum Gasteiger partial charge on any atom is -0.207 e. The first kappa shape index (κ1) is 16.9. The summed E-state index contributed by atoms with van der Waals surface area (Å²) in [6, 6.07) is 18.6. The highest BCUT2D eigenvalue weighted by molar-refractivity contribution is 7.89. The van der Waals surface area contributed by atoms with Crippen molar-refractivity contribution in [2.45, 2.75) is 24.8 Å². The van der Waals surface area contributed by atoms with Gasteiger partial charge in [-0.05, 0) is 48.1 Å². The molecule has 0 radical (unpaired) electrons. The van der Waals surface area contributed by atoms with Crippen molar-refractivity contribution in [2.75, 3.05) is 0 Å². The molecule has 0 aliphatic heterocycles. The highest BCUT2D eigenvalue weighted by Gasteiger charge is 2.24. The van der Waals surface area contributed by atoms with Crippen LogP contribution < -0.4 is 4.72 Å². The number of rotatable bonds is 5. The van der Waals surface area contributed by atoms with E-state index < -0.39 is 16.1 Å². The number of hydrogen-bond acceptors (Lipinski definition) is 3. The van der Waals surface area contributed by atoms with Crippen molar-refractivity contribution < 1.29 is 8.42 Å². The van der Waals surface area contributed by atoms with Crippen molar-refractivity contribution in [3.05, 3.63) is 87.6 Å². The van der Waals surface area contributed by atoms with E-state index in [9.17, 15) is 8.42 Å². The fourth-order valence-corrected chi connectivity index (χ4v) is 5.02. The van der Waals surface area contributed by atoms with Crippen molar-refractivity contribution >= 4 is 21.4 Å². The molecular formula is C19H19NO2S2. The molecule has 1 unspecified atom stereocenters. The van der Waals surface area contributed by atoms with Crippen LogP contribution in [0.4, 0.5) is 0 Å². The van der Waals surface area contributed by atoms with Gasteiger partial charge in [0.1, 0.15) is 0 Å². The van der Waals surface area contributed by atoms with E-state index in [-0.39, 0.29) is 0 Å². The number of hydrogen-bond donors (Lipinski definition) is 1. The number of aryl methyl sites for hydroxylation is 2. The van der Waals surface area contributed by atoms with Crippen molar-refractivity contribution in [3.63, 3.8) is 0 Å². The molecule has 1 heterocycles. The molecule has 3 aromatic rings. The monoisotopic (exact) mass is 357 g/mol. The lowest BCUT2D eigenvalue weighted by Crippen LogP contribution is -2.29. The Balaban J connectivity index is 2.03. The quantitative estimate of drug-likeness (QED) is 0.734. The Labute approximate surface area is 147 Å². The Morgan fingerprint density at radius 1 is 0.958 bits per heavy atom. The van der Waals surface area contributed by atoms with Gasteiger partial charge < -0.3 is 0 Å². The molecule has 0 saturated carbocycles. The normalized spacial score (nSPS) is 12.9. The largest absolute Gasteiger partial charge is 0.241 e. The third-order valence-corrected chi connectivity index (χ3v) is 6.37. The van der Waals surface area contributed by atoms with Crippen molar-refractivity contribution in [1.82, 2.24) is 4.72 Å². The second-order valence-electron chi connectivity index (χ2n) is 5.75. The lowest BCUT2D eigenvalue weighted by Gasteiger charge is -2.19. The van der Waals surface area contributed by atoms with Gasteiger partial charge in [-0.15, -0.1) is 11.3 Å². The summed E-state index contributed by atoms with van der Waals surface area (Å²) in [5.41, 5.74) is 2.59. The van der Waals surface area contributed by atoms with Gasteiger partial charge in [0.15, 0.2) is 0 Å². The third kappa shape index (κ3) is 3.59. The van der Waals surface area contributed by atoms with E-state index in [1.54, 1.807) is 17.4 Å². The summed E-state index contributed by atoms with van der Waals surface area (Å²) in [6.45, 7) is 3.71. The number of thiophene rings is 1. The summed E-state index contributed by atoms with van der Waals surface area (Å²) in [5, 5.41) is 1.96. The molecule has 0 spiro atoms. The van der Waals surface area contributed by atoms with Gasteiger partial charge in [0, 0.05) is 4.88 Å². The standard InChI is InChI=1S/C19H19NO2S2/c1-14-10-11-15(2)18(13-14)24(21,22)20-19(17-9-6-12-23-17)16-7-4-3-5-8-16/h3-13,19-20H,1-2H3. The molecule has 1 aromatic heterocycles. The fraction of sp³-hybridized carbons (Fsp3) is 0.158. The number of benzene rings is 2. The summed E-state index contributed by atoms with van der Waals surface area (Å²) < 4.78 is 28.8. The molecule has 0 bridgehead atoms. The summed E-state index contributed by atoms with van der Waals surface area (Å²) in [6.07, 6.45) is 0. The van der Waals surface area contributed by atoms with E-state index in [0.717, 1.165) is 21.6 Å². The zero-order valence-electron chi connectivity index (χ0n) is 13.6. The van der Waals surface area contributed by atoms with Crippen molar-refractivity contribution in [1.29, 1.82) is 0 Å². The number of sulfonamides is 1. The Hall–Kier alpha value is -1.95. The zero-order valence-corrected chi connectivity index (χ0v) is 15.2. The van der Waals surface area contributed by atoms with E-state index in [1.807, 2.05) is 73.8 Å². The average Bonchev–Trinajstić information content (AvgIpc) is 3.10. The molecule has 3 rings (SSSR count). The van der Waals surface area contributed by atoms with E-state index in [2.05, 4.69) is 4.72 Å². The molecule has 0 amide bonds. The minimum absolute atomic E-state index is 0.333. The molecule has 1 N–H and O–H groups in total. The molecular weight excluding hydrogens is 338 g/mol. The fourth-order valence-electron chi connectivity index (χ4n) is 2.61. The Kier molecular flexibility index (Phi) is 4.85. The average molecular weight is 358 g/mol. The molecule has 0 aliphatic carbocycles. The maximum absolute atomic E-state index is 13.0. The van der Waals surface area contributed by atoms with Crippen LogP contribution in [-0.4, -0.2) is 8.42 Å². The third-order valence-electron chi connectivity index (χ3n) is 3.87. The first-order chi connectivity index (χ1) is 11.5. The van der Waals surface area contributed by atoms with E-state index in [0.29, 0.717) is 4.90 Å². The SMILES string of the molecule is Cc1ccc(C)c(S(=O)(=O)NC(c2ccccc2)c2cccs2)c1. The summed E-state index contributed by atoms with van der Waals surface area (Å²) >= 11 is 1.54. The van der Waals surface area contributed by atoms with Gasteiger partial charge in [-0.25, -0.2) is 8.42 Å². The van der Waals surface area contributed by atoms with E-state index in [1.165, 1.54) is 0 Å². The van der Waals surface area contributed by atoms with Crippen LogP contribution in [-0.2, 0) is 10.0 Å². The van der Waals surface area contributed by atoms with Gasteiger partial charge in [0.2, 0.25) is 10.0 Å². The molecule has 3 nitrogen and oxygen atoms in total. The molecule has 5 heteroatoms. The van der Waals surface area contributed by atoms with Gasteiger partial charge in [0.05, 0.1) is 10.9 Å². The maximum Gasteiger partial charge on any atom is 0.241 e. The van der Waals surface area contributed by atoms with Crippen LogP contribution in [0.3, 0.4) is 0 Å². The Bertz CT molecular complexity index is 917. The molecule has 1 atom stereocenters. The summed E-state index contributed by atoms with van der Waals surface area (Å²) in [4.78, 5) is 1.30. The molecule has 124 valence electrons. The lowest BCUT2D eigenvalue weighted by molar-refractivity contribution is 0.572. The van der Waals surface area contributed by atoms with Crippen LogP contribution in [0.5, 0.6) is 0 Å².